The molecule has 5 heteroatoms. The van der Waals surface area contributed by atoms with E-state index in [1.807, 2.05) is 0 Å². The fourth-order valence-corrected chi connectivity index (χ4v) is 2.18. The van der Waals surface area contributed by atoms with E-state index in [-0.39, 0.29) is 5.56 Å². The summed E-state index contributed by atoms with van der Waals surface area (Å²) >= 11 is 17.8. The van der Waals surface area contributed by atoms with Crippen molar-refractivity contribution >= 4 is 34.8 Å². The van der Waals surface area contributed by atoms with E-state index in [0.717, 1.165) is 6.07 Å². The average molecular weight is 308 g/mol. The van der Waals surface area contributed by atoms with Crippen molar-refractivity contribution in [1.82, 2.24) is 0 Å². The first-order valence-corrected chi connectivity index (χ1v) is 6.23. The molecule has 0 heterocycles. The van der Waals surface area contributed by atoms with E-state index in [2.05, 4.69) is 0 Å². The van der Waals surface area contributed by atoms with E-state index in [0.29, 0.717) is 15.6 Å². The van der Waals surface area contributed by atoms with Crippen LogP contribution in [0.3, 0.4) is 0 Å². The molecule has 2 rings (SSSR count). The summed E-state index contributed by atoms with van der Waals surface area (Å²) in [5.74, 6) is -1.89. The summed E-state index contributed by atoms with van der Waals surface area (Å²) in [6.07, 6.45) is 0. The average Bonchev–Trinajstić information content (AvgIpc) is 2.35. The molecule has 0 fully saturated rings. The zero-order chi connectivity index (χ0) is 13.3. The van der Waals surface area contributed by atoms with E-state index in [1.165, 1.54) is 18.2 Å². The van der Waals surface area contributed by atoms with Crippen molar-refractivity contribution < 1.29 is 8.78 Å². The van der Waals surface area contributed by atoms with Gasteiger partial charge in [-0.3, -0.25) is 0 Å². The summed E-state index contributed by atoms with van der Waals surface area (Å²) in [4.78, 5) is 0. The van der Waals surface area contributed by atoms with Gasteiger partial charge < -0.3 is 0 Å². The topological polar surface area (TPSA) is 0 Å². The molecule has 0 aliphatic rings. The van der Waals surface area contributed by atoms with Gasteiger partial charge in [-0.2, -0.15) is 0 Å². The van der Waals surface area contributed by atoms with Gasteiger partial charge in [0.15, 0.2) is 11.6 Å². The molecule has 0 saturated carbocycles. The Bertz CT molecular complexity index is 584. The molecule has 2 aromatic rings. The van der Waals surface area contributed by atoms with Crippen LogP contribution in [0.1, 0.15) is 16.5 Å². The Morgan fingerprint density at radius 2 is 1.67 bits per heavy atom. The van der Waals surface area contributed by atoms with E-state index in [4.69, 9.17) is 34.8 Å². The van der Waals surface area contributed by atoms with Gasteiger partial charge in [-0.1, -0.05) is 41.4 Å². The summed E-state index contributed by atoms with van der Waals surface area (Å²) in [7, 11) is 0. The molecule has 0 amide bonds. The number of rotatable bonds is 2. The molecule has 0 radical (unpaired) electrons. The first-order valence-electron chi connectivity index (χ1n) is 5.03. The van der Waals surface area contributed by atoms with Crippen LogP contribution >= 0.6 is 34.8 Å². The van der Waals surface area contributed by atoms with Gasteiger partial charge in [-0.25, -0.2) is 8.78 Å². The normalized spacial score (nSPS) is 12.5. The van der Waals surface area contributed by atoms with Crippen LogP contribution in [0.2, 0.25) is 10.0 Å². The highest BCUT2D eigenvalue weighted by Gasteiger charge is 2.18. The van der Waals surface area contributed by atoms with Crippen LogP contribution in [0, 0.1) is 11.6 Å². The lowest BCUT2D eigenvalue weighted by atomic mass is 10.0. The molecule has 0 aliphatic carbocycles. The highest BCUT2D eigenvalue weighted by Crippen LogP contribution is 2.34. The van der Waals surface area contributed by atoms with E-state index >= 15 is 0 Å². The molecule has 0 N–H and O–H groups in total. The van der Waals surface area contributed by atoms with Gasteiger partial charge in [-0.15, -0.1) is 11.6 Å². The molecular formula is C13H7Cl3F2. The molecule has 18 heavy (non-hydrogen) atoms. The lowest BCUT2D eigenvalue weighted by Crippen LogP contribution is -1.99. The van der Waals surface area contributed by atoms with Crippen molar-refractivity contribution in [3.05, 3.63) is 69.2 Å². The van der Waals surface area contributed by atoms with Gasteiger partial charge in [0.05, 0.1) is 15.4 Å². The zero-order valence-electron chi connectivity index (χ0n) is 8.93. The maximum atomic E-state index is 13.6. The summed E-state index contributed by atoms with van der Waals surface area (Å²) < 4.78 is 26.7. The standard InChI is InChI=1S/C13H7Cl3F2/c14-9-5-4-7(6-10(9)15)12(16)8-2-1-3-11(17)13(8)18/h1-6,12H. The second-order valence-electron chi connectivity index (χ2n) is 3.68. The van der Waals surface area contributed by atoms with E-state index in [1.54, 1.807) is 12.1 Å². The van der Waals surface area contributed by atoms with Crippen LogP contribution in [0.15, 0.2) is 36.4 Å². The summed E-state index contributed by atoms with van der Waals surface area (Å²) in [6.45, 7) is 0. The predicted molar refractivity (Wildman–Crippen MR) is 70.5 cm³/mol. The Morgan fingerprint density at radius 3 is 2.33 bits per heavy atom. The minimum atomic E-state index is -0.955. The Hall–Kier alpha value is -0.830. The number of halogens is 5. The first kappa shape index (κ1) is 13.6. The molecule has 94 valence electrons. The first-order chi connectivity index (χ1) is 8.50. The highest BCUT2D eigenvalue weighted by atomic mass is 35.5. The predicted octanol–water partition coefficient (Wildman–Crippen LogP) is 5.60. The maximum Gasteiger partial charge on any atom is 0.163 e. The van der Waals surface area contributed by atoms with Crippen LogP contribution in [0.5, 0.6) is 0 Å². The quantitative estimate of drug-likeness (QED) is 0.633. The van der Waals surface area contributed by atoms with Gasteiger partial charge in [0.1, 0.15) is 0 Å². The summed E-state index contributed by atoms with van der Waals surface area (Å²) in [5.41, 5.74) is 0.616. The third kappa shape index (κ3) is 2.61. The second kappa shape index (κ2) is 5.43. The molecule has 1 unspecified atom stereocenters. The van der Waals surface area contributed by atoms with Crippen LogP contribution in [-0.2, 0) is 0 Å². The van der Waals surface area contributed by atoms with Crippen LogP contribution in [-0.4, -0.2) is 0 Å². The van der Waals surface area contributed by atoms with E-state index < -0.39 is 17.0 Å². The number of hydrogen-bond donors (Lipinski definition) is 0. The third-order valence-corrected chi connectivity index (χ3v) is 3.72. The number of benzene rings is 2. The largest absolute Gasteiger partial charge is 0.204 e. The Labute approximate surface area is 118 Å². The summed E-state index contributed by atoms with van der Waals surface area (Å²) in [5, 5.41) is -0.129. The second-order valence-corrected chi connectivity index (χ2v) is 4.93. The molecule has 0 nitrogen and oxygen atoms in total. The van der Waals surface area contributed by atoms with Crippen LogP contribution in [0.4, 0.5) is 8.78 Å². The van der Waals surface area contributed by atoms with Crippen LogP contribution < -0.4 is 0 Å². The van der Waals surface area contributed by atoms with Crippen molar-refractivity contribution in [2.75, 3.05) is 0 Å². The van der Waals surface area contributed by atoms with Gasteiger partial charge in [0.2, 0.25) is 0 Å². The summed E-state index contributed by atoms with van der Waals surface area (Å²) in [6, 6.07) is 8.59. The van der Waals surface area contributed by atoms with Gasteiger partial charge in [0.25, 0.3) is 0 Å². The van der Waals surface area contributed by atoms with Crippen molar-refractivity contribution in [3.8, 4) is 0 Å². The molecule has 2 aromatic carbocycles. The van der Waals surface area contributed by atoms with Crippen LogP contribution in [0.25, 0.3) is 0 Å². The highest BCUT2D eigenvalue weighted by molar-refractivity contribution is 6.42. The SMILES string of the molecule is Fc1cccc(C(Cl)c2ccc(Cl)c(Cl)c2)c1F. The Balaban J connectivity index is 2.44. The molecule has 0 spiro atoms. The van der Waals surface area contributed by atoms with E-state index in [9.17, 15) is 8.78 Å². The Morgan fingerprint density at radius 1 is 0.944 bits per heavy atom. The zero-order valence-corrected chi connectivity index (χ0v) is 11.2. The molecule has 0 saturated heterocycles. The minimum absolute atomic E-state index is 0.0649. The molecule has 0 aromatic heterocycles. The van der Waals surface area contributed by atoms with Gasteiger partial charge in [0, 0.05) is 5.56 Å². The monoisotopic (exact) mass is 306 g/mol. The lowest BCUT2D eigenvalue weighted by Gasteiger charge is -2.12. The van der Waals surface area contributed by atoms with Gasteiger partial charge >= 0.3 is 0 Å². The van der Waals surface area contributed by atoms with Crippen molar-refractivity contribution in [2.24, 2.45) is 0 Å². The van der Waals surface area contributed by atoms with Crippen molar-refractivity contribution in [2.45, 2.75) is 5.38 Å². The molecule has 0 aliphatic heterocycles. The van der Waals surface area contributed by atoms with Gasteiger partial charge in [-0.05, 0) is 23.8 Å². The number of alkyl halides is 1. The molecular weight excluding hydrogens is 300 g/mol. The number of hydrogen-bond acceptors (Lipinski definition) is 0. The fourth-order valence-electron chi connectivity index (χ4n) is 1.57. The third-order valence-electron chi connectivity index (χ3n) is 2.49. The lowest BCUT2D eigenvalue weighted by molar-refractivity contribution is 0.500. The van der Waals surface area contributed by atoms with Crippen molar-refractivity contribution in [3.63, 3.8) is 0 Å². The maximum absolute atomic E-state index is 13.6. The fraction of sp³-hybridized carbons (Fsp3) is 0.0769. The smallest absolute Gasteiger partial charge is 0.163 e. The molecule has 1 atom stereocenters. The minimum Gasteiger partial charge on any atom is -0.204 e. The Kier molecular flexibility index (Phi) is 4.10. The molecule has 0 bridgehead atoms. The van der Waals surface area contributed by atoms with Crippen molar-refractivity contribution in [1.29, 1.82) is 0 Å².